The van der Waals surface area contributed by atoms with E-state index in [0.29, 0.717) is 6.54 Å². The van der Waals surface area contributed by atoms with Crippen molar-refractivity contribution in [2.45, 2.75) is 46.7 Å². The summed E-state index contributed by atoms with van der Waals surface area (Å²) in [6.07, 6.45) is 0. The van der Waals surface area contributed by atoms with Gasteiger partial charge in [-0.3, -0.25) is 4.57 Å². The van der Waals surface area contributed by atoms with Crippen molar-refractivity contribution < 1.29 is 0 Å². The lowest BCUT2D eigenvalue weighted by molar-refractivity contribution is 0.407. The van der Waals surface area contributed by atoms with Gasteiger partial charge >= 0.3 is 5.69 Å². The predicted molar refractivity (Wildman–Crippen MR) is 73.4 cm³/mol. The van der Waals surface area contributed by atoms with Crippen molar-refractivity contribution in [3.63, 3.8) is 0 Å². The summed E-state index contributed by atoms with van der Waals surface area (Å²) in [7, 11) is 0. The van der Waals surface area contributed by atoms with Crippen LogP contribution in [0.3, 0.4) is 0 Å². The van der Waals surface area contributed by atoms with Crippen LogP contribution in [-0.2, 0) is 6.54 Å². The Kier molecular flexibility index (Phi) is 4.49. The second-order valence-corrected chi connectivity index (χ2v) is 6.00. The van der Waals surface area contributed by atoms with Crippen LogP contribution in [0.2, 0.25) is 0 Å². The maximum absolute atomic E-state index is 11.8. The Bertz CT molecular complexity index is 460. The third-order valence-electron chi connectivity index (χ3n) is 2.53. The van der Waals surface area contributed by atoms with E-state index in [4.69, 9.17) is 0 Å². The van der Waals surface area contributed by atoms with Gasteiger partial charge in [-0.15, -0.1) is 0 Å². The summed E-state index contributed by atoms with van der Waals surface area (Å²) in [6.45, 7) is 11.5. The van der Waals surface area contributed by atoms with Gasteiger partial charge in [-0.25, -0.2) is 4.79 Å². The van der Waals surface area contributed by atoms with Gasteiger partial charge in [-0.2, -0.15) is 4.98 Å². The van der Waals surface area contributed by atoms with Crippen molar-refractivity contribution in [1.82, 2.24) is 14.9 Å². The summed E-state index contributed by atoms with van der Waals surface area (Å²) in [5.74, 6) is 0. The van der Waals surface area contributed by atoms with Gasteiger partial charge in [-0.1, -0.05) is 0 Å². The number of nitrogens with zero attached hydrogens (tertiary/aromatic N) is 2. The van der Waals surface area contributed by atoms with Crippen LogP contribution in [0.25, 0.3) is 0 Å². The fourth-order valence-electron chi connectivity index (χ4n) is 1.58. The fourth-order valence-corrected chi connectivity index (χ4v) is 1.89. The van der Waals surface area contributed by atoms with E-state index in [2.05, 4.69) is 47.0 Å². The molecule has 5 heteroatoms. The monoisotopic (exact) mass is 301 g/mol. The zero-order valence-corrected chi connectivity index (χ0v) is 12.7. The molecule has 0 aliphatic carbocycles. The smallest absolute Gasteiger partial charge is 0.310 e. The molecule has 0 aromatic carbocycles. The highest BCUT2D eigenvalue weighted by molar-refractivity contribution is 9.10. The first-order valence-corrected chi connectivity index (χ1v) is 6.50. The maximum Gasteiger partial charge on any atom is 0.348 e. The summed E-state index contributed by atoms with van der Waals surface area (Å²) >= 11 is 3.45. The van der Waals surface area contributed by atoms with Crippen LogP contribution in [0.5, 0.6) is 0 Å². The standard InChI is InChI=1S/C12H20BrN3O/c1-8-10(13)9(2)16(11(17)15-8)7-6-14-12(3,4)5/h14H,6-7H2,1-5H3. The summed E-state index contributed by atoms with van der Waals surface area (Å²) in [5.41, 5.74) is 1.55. The first-order valence-electron chi connectivity index (χ1n) is 5.71. The van der Waals surface area contributed by atoms with Crippen LogP contribution in [-0.4, -0.2) is 21.6 Å². The number of aryl methyl sites for hydroxylation is 1. The largest absolute Gasteiger partial charge is 0.348 e. The minimum Gasteiger partial charge on any atom is -0.310 e. The summed E-state index contributed by atoms with van der Waals surface area (Å²) in [4.78, 5) is 15.8. The van der Waals surface area contributed by atoms with Crippen molar-refractivity contribution in [3.05, 3.63) is 26.3 Å². The lowest BCUT2D eigenvalue weighted by Gasteiger charge is -2.21. The molecule has 0 atom stereocenters. The van der Waals surface area contributed by atoms with Crippen LogP contribution in [0, 0.1) is 13.8 Å². The van der Waals surface area contributed by atoms with E-state index >= 15 is 0 Å². The van der Waals surface area contributed by atoms with Crippen LogP contribution in [0.15, 0.2) is 9.27 Å². The molecule has 17 heavy (non-hydrogen) atoms. The number of aromatic nitrogens is 2. The molecule has 0 saturated carbocycles. The van der Waals surface area contributed by atoms with Gasteiger partial charge in [-0.05, 0) is 50.5 Å². The third-order valence-corrected chi connectivity index (χ3v) is 3.67. The topological polar surface area (TPSA) is 46.9 Å². The molecule has 4 nitrogen and oxygen atoms in total. The Hall–Kier alpha value is -0.680. The number of rotatable bonds is 3. The van der Waals surface area contributed by atoms with Gasteiger partial charge in [0.1, 0.15) is 0 Å². The van der Waals surface area contributed by atoms with Crippen LogP contribution < -0.4 is 11.0 Å². The van der Waals surface area contributed by atoms with Crippen molar-refractivity contribution in [2.75, 3.05) is 6.54 Å². The Balaban J connectivity index is 2.86. The summed E-state index contributed by atoms with van der Waals surface area (Å²) in [6, 6.07) is 0. The lowest BCUT2D eigenvalue weighted by Crippen LogP contribution is -2.39. The molecule has 0 aliphatic heterocycles. The van der Waals surface area contributed by atoms with Gasteiger partial charge in [0, 0.05) is 24.3 Å². The zero-order chi connectivity index (χ0) is 13.2. The first-order chi connectivity index (χ1) is 7.72. The molecule has 1 N–H and O–H groups in total. The van der Waals surface area contributed by atoms with E-state index in [9.17, 15) is 4.79 Å². The average Bonchev–Trinajstić information content (AvgIpc) is 2.18. The summed E-state index contributed by atoms with van der Waals surface area (Å²) in [5, 5.41) is 3.36. The Morgan fingerprint density at radius 1 is 1.35 bits per heavy atom. The number of hydrogen-bond acceptors (Lipinski definition) is 3. The van der Waals surface area contributed by atoms with Gasteiger partial charge in [0.2, 0.25) is 0 Å². The molecule has 0 saturated heterocycles. The molecular formula is C12H20BrN3O. The molecule has 1 heterocycles. The highest BCUT2D eigenvalue weighted by atomic mass is 79.9. The van der Waals surface area contributed by atoms with Crippen molar-refractivity contribution in [1.29, 1.82) is 0 Å². The zero-order valence-electron chi connectivity index (χ0n) is 11.1. The van der Waals surface area contributed by atoms with E-state index in [1.54, 1.807) is 4.57 Å². The fraction of sp³-hybridized carbons (Fsp3) is 0.667. The van der Waals surface area contributed by atoms with E-state index in [0.717, 1.165) is 22.4 Å². The second-order valence-electron chi connectivity index (χ2n) is 5.21. The SMILES string of the molecule is Cc1nc(=O)n(CCNC(C)(C)C)c(C)c1Br. The molecule has 1 rings (SSSR count). The van der Waals surface area contributed by atoms with E-state index < -0.39 is 0 Å². The molecule has 0 aliphatic rings. The average molecular weight is 302 g/mol. The minimum atomic E-state index is -0.182. The van der Waals surface area contributed by atoms with Crippen LogP contribution in [0.1, 0.15) is 32.2 Å². The molecule has 0 fully saturated rings. The van der Waals surface area contributed by atoms with Crippen molar-refractivity contribution in [3.8, 4) is 0 Å². The Labute approximate surface area is 111 Å². The van der Waals surface area contributed by atoms with E-state index in [1.807, 2.05) is 13.8 Å². The van der Waals surface area contributed by atoms with Crippen LogP contribution in [0.4, 0.5) is 0 Å². The summed E-state index contributed by atoms with van der Waals surface area (Å²) < 4.78 is 2.60. The molecule has 1 aromatic heterocycles. The van der Waals surface area contributed by atoms with E-state index in [-0.39, 0.29) is 11.2 Å². The molecule has 0 spiro atoms. The normalized spacial score (nSPS) is 11.9. The van der Waals surface area contributed by atoms with Crippen molar-refractivity contribution >= 4 is 15.9 Å². The predicted octanol–water partition coefficient (Wildman–Crippen LogP) is 2.01. The third kappa shape index (κ3) is 3.92. The number of nitrogens with one attached hydrogen (secondary N) is 1. The van der Waals surface area contributed by atoms with Crippen molar-refractivity contribution in [2.24, 2.45) is 0 Å². The molecule has 1 aromatic rings. The van der Waals surface area contributed by atoms with Gasteiger partial charge in [0.25, 0.3) is 0 Å². The van der Waals surface area contributed by atoms with Gasteiger partial charge < -0.3 is 5.32 Å². The lowest BCUT2D eigenvalue weighted by atomic mass is 10.1. The van der Waals surface area contributed by atoms with Crippen LogP contribution >= 0.6 is 15.9 Å². The van der Waals surface area contributed by atoms with E-state index in [1.165, 1.54) is 0 Å². The first kappa shape index (κ1) is 14.4. The maximum atomic E-state index is 11.8. The molecular weight excluding hydrogens is 282 g/mol. The highest BCUT2D eigenvalue weighted by Gasteiger charge is 2.11. The molecule has 0 radical (unpaired) electrons. The molecule has 0 bridgehead atoms. The second kappa shape index (κ2) is 5.31. The minimum absolute atomic E-state index is 0.0624. The Morgan fingerprint density at radius 2 is 1.94 bits per heavy atom. The highest BCUT2D eigenvalue weighted by Crippen LogP contribution is 2.16. The Morgan fingerprint density at radius 3 is 2.47 bits per heavy atom. The number of hydrogen-bond donors (Lipinski definition) is 1. The molecule has 0 amide bonds. The molecule has 0 unspecified atom stereocenters. The quantitative estimate of drug-likeness (QED) is 0.929. The van der Waals surface area contributed by atoms with Gasteiger partial charge in [0.05, 0.1) is 10.2 Å². The van der Waals surface area contributed by atoms with Gasteiger partial charge in [0.15, 0.2) is 0 Å². The number of halogens is 1. The molecule has 96 valence electrons.